The quantitative estimate of drug-likeness (QED) is 0.158. The summed E-state index contributed by atoms with van der Waals surface area (Å²) in [6.45, 7) is 0. The minimum absolute atomic E-state index is 0. The molecule has 0 unspecified atom stereocenters. The van der Waals surface area contributed by atoms with Crippen LogP contribution in [0, 0.1) is 0 Å². The van der Waals surface area contributed by atoms with Gasteiger partial charge in [0.15, 0.2) is 0 Å². The van der Waals surface area contributed by atoms with E-state index in [1.807, 2.05) is 15.7 Å². The molecule has 0 aromatic rings. The second-order valence-corrected chi connectivity index (χ2v) is 0. The SMILES string of the molecule is S.S=S.S=S.[3H][S-].[3H][V]=[S].[H-].[K+].[K+].[NH2-].[S]=[V].[V].[Y]. The Hall–Kier alpha value is 8.11. The van der Waals surface area contributed by atoms with Crippen LogP contribution in [-0.4, -0.2) is 2.00 Å². The molecule has 0 heterocycles. The molecule has 0 saturated heterocycles. The van der Waals surface area contributed by atoms with Gasteiger partial charge in [-0.3, -0.25) is 0 Å². The molecule has 0 saturated carbocycles. The summed E-state index contributed by atoms with van der Waals surface area (Å²) in [6.07, 6.45) is 0. The molecule has 0 rings (SSSR count). The van der Waals surface area contributed by atoms with E-state index in [1.54, 1.807) is 0 Å². The summed E-state index contributed by atoms with van der Waals surface area (Å²) in [7, 11) is 8.17. The fraction of sp³-hybridized carbons (Fsp3) is 0. The third kappa shape index (κ3) is 136. The van der Waals surface area contributed by atoms with Crippen LogP contribution in [0.1, 0.15) is 1.43 Å². The van der Waals surface area contributed by atoms with Crippen LogP contribution >= 0.6 is 34.1 Å². The maximum Gasteiger partial charge on any atom is 0 e. The van der Waals surface area contributed by atoms with Crippen LogP contribution < -0.4 is 103 Å². The third-order valence-electron chi connectivity index (χ3n) is 0. The van der Waals surface area contributed by atoms with Crippen LogP contribution in [0.2, 0.25) is 0 Å². The van der Waals surface area contributed by atoms with E-state index in [0.717, 1.165) is 0 Å². The smallest absolute Gasteiger partial charge is 0 e. The van der Waals surface area contributed by atoms with Crippen molar-refractivity contribution in [2.45, 2.75) is 0 Å². The summed E-state index contributed by atoms with van der Waals surface area (Å²) in [5, 5.41) is 0. The van der Waals surface area contributed by atoms with Crippen LogP contribution in [-0.2, 0) is 141 Å². The van der Waals surface area contributed by atoms with Gasteiger partial charge in [0.05, 0.1) is 0 Å². The van der Waals surface area contributed by atoms with E-state index in [9.17, 15) is 0 Å². The average molecular weight is 602 g/mol. The van der Waals surface area contributed by atoms with Crippen molar-refractivity contribution in [3.05, 3.63) is 6.15 Å². The van der Waals surface area contributed by atoms with E-state index in [-0.39, 0.29) is 175 Å². The van der Waals surface area contributed by atoms with Crippen molar-refractivity contribution >= 4 is 92.2 Å². The second-order valence-electron chi connectivity index (χ2n) is 0. The zero-order valence-corrected chi connectivity index (χ0v) is 27.8. The Morgan fingerprint density at radius 2 is 1.13 bits per heavy atom. The van der Waals surface area contributed by atoms with Crippen LogP contribution in [0.15, 0.2) is 0 Å². The van der Waals surface area contributed by atoms with E-state index in [1.165, 1.54) is 0 Å². The Labute approximate surface area is 278 Å². The van der Waals surface area contributed by atoms with Gasteiger partial charge in [0, 0.05) is 96.0 Å². The van der Waals surface area contributed by atoms with Gasteiger partial charge in [0.2, 0.25) is 0 Å². The monoisotopic (exact) mass is 601 g/mol. The molecule has 0 aliphatic rings. The standard InChI is InChI=1S/2K.H2N.2S2.2H2S.2S.3V.Y.2H/c;;;2*1-2;;;;;;;;;;/h;;1H2;;;2*1H2;;;;;;;;/q2*+1;-1;;;;;;;;;;;;-1/p-1/i;;;;;;;;;;;;;1+2;/hT. The number of thiol groups is 1. The Morgan fingerprint density at radius 3 is 1.13 bits per heavy atom. The first-order valence-electron chi connectivity index (χ1n) is 1.55. The molecule has 1 nitrogen and oxygen atoms in total. The van der Waals surface area contributed by atoms with E-state index in [2.05, 4.69) is 78.7 Å². The first-order valence-corrected chi connectivity index (χ1v) is 7.52. The molecule has 0 fully saturated rings. The predicted molar refractivity (Wildman–Crippen MR) is 71.6 cm³/mol. The number of nitrogens with two attached hydrogens (primary N) is 1. The second kappa shape index (κ2) is 150. The number of hydrogen-bond acceptors (Lipinski definition) is 7. The Balaban J connectivity index is -0.00000000230. The van der Waals surface area contributed by atoms with Crippen molar-refractivity contribution in [3.8, 4) is 0 Å². The molecular weight excluding hydrogens is 590 g/mol. The molecule has 15 heavy (non-hydrogen) atoms. The summed E-state index contributed by atoms with van der Waals surface area (Å²) in [4.78, 5) is 0. The number of rotatable bonds is 0. The van der Waals surface area contributed by atoms with Crippen molar-refractivity contribution in [3.63, 3.8) is 0 Å². The van der Waals surface area contributed by atoms with Gasteiger partial charge in [-0.25, -0.2) is 0 Å². The topological polar surface area (TPSA) is 33.5 Å². The van der Waals surface area contributed by atoms with Gasteiger partial charge in [-0.1, -0.05) is 0 Å². The first kappa shape index (κ1) is 56.7. The average Bonchev–Trinajstić information content (AvgIpc) is 2.18. The summed E-state index contributed by atoms with van der Waals surface area (Å²) in [5.74, 6) is 0. The van der Waals surface area contributed by atoms with Crippen molar-refractivity contribution in [2.24, 2.45) is 0 Å². The molecule has 0 bridgehead atoms. The molecule has 2 N–H and O–H groups in total. The molecule has 2 radical (unpaired) electrons. The van der Waals surface area contributed by atoms with Crippen LogP contribution in [0.25, 0.3) is 6.15 Å². The van der Waals surface area contributed by atoms with Gasteiger partial charge >= 0.3 is 156 Å². The van der Waals surface area contributed by atoms with Crippen molar-refractivity contribution in [1.29, 1.82) is 2.00 Å². The van der Waals surface area contributed by atoms with Gasteiger partial charge < -0.3 is 21.0 Å². The maximum absolute atomic E-state index is 6.12. The van der Waals surface area contributed by atoms with Crippen molar-refractivity contribution in [1.82, 2.24) is 0 Å². The van der Waals surface area contributed by atoms with Gasteiger partial charge in [-0.05, 0) is 0 Å². The Kier molecular flexibility index (Phi) is 567. The summed E-state index contributed by atoms with van der Waals surface area (Å²) in [5.41, 5.74) is 0. The third-order valence-corrected chi connectivity index (χ3v) is 0. The summed E-state index contributed by atoms with van der Waals surface area (Å²) >= 11 is 19.4. The van der Waals surface area contributed by atoms with Gasteiger partial charge in [0.1, 0.15) is 0 Å². The van der Waals surface area contributed by atoms with Crippen molar-refractivity contribution < 1.29 is 187 Å². The normalized spacial score (nSPS) is 2.13. The molecular formula is H7K2NS8V3Y-. The maximum atomic E-state index is 6.12. The molecule has 15 heteroatoms. The fourth-order valence-corrected chi connectivity index (χ4v) is 0. The fourth-order valence-electron chi connectivity index (χ4n) is 0. The van der Waals surface area contributed by atoms with E-state index >= 15 is 0 Å². The van der Waals surface area contributed by atoms with Gasteiger partial charge in [-0.15, -0.1) is 0 Å². The number of hydrogen-bond donors (Lipinski definition) is 0. The summed E-state index contributed by atoms with van der Waals surface area (Å²) in [6, 6.07) is 0. The zero-order valence-electron chi connectivity index (χ0n) is 10.9. The van der Waals surface area contributed by atoms with Gasteiger partial charge in [0.25, 0.3) is 0 Å². The van der Waals surface area contributed by atoms with Crippen molar-refractivity contribution in [2.75, 3.05) is 0 Å². The molecule has 0 aliphatic carbocycles. The zero-order chi connectivity index (χ0) is 10.7. The minimum Gasteiger partial charge on any atom is 0 e. The Morgan fingerprint density at radius 1 is 1.13 bits per heavy atom. The van der Waals surface area contributed by atoms with Crippen LogP contribution in [0.5, 0.6) is 0 Å². The molecule has 0 atom stereocenters. The van der Waals surface area contributed by atoms with E-state index in [0.29, 0.717) is 0 Å². The molecule has 81 valence electrons. The molecule has 0 spiro atoms. The molecule has 0 aromatic carbocycles. The largest absolute Gasteiger partial charge is 0 e. The first-order chi connectivity index (χ1) is 5.41. The Bertz CT molecular complexity index is 63.8. The minimum atomic E-state index is -0.479. The van der Waals surface area contributed by atoms with Gasteiger partial charge in [-0.2, -0.15) is 14.6 Å². The predicted octanol–water partition coefficient (Wildman–Crippen LogP) is -4.31. The van der Waals surface area contributed by atoms with E-state index in [4.69, 9.17) is 2.00 Å². The molecule has 0 aliphatic heterocycles. The molecule has 0 aromatic heterocycles. The molecule has 0 amide bonds. The summed E-state index contributed by atoms with van der Waals surface area (Å²) < 4.78 is 11.5. The van der Waals surface area contributed by atoms with Crippen LogP contribution in [0.3, 0.4) is 0 Å². The van der Waals surface area contributed by atoms with Crippen LogP contribution in [0.4, 0.5) is 0 Å². The van der Waals surface area contributed by atoms with E-state index < -0.39 is 15.6 Å².